The molecule has 0 fully saturated rings. The van der Waals surface area contributed by atoms with Gasteiger partial charge in [0.1, 0.15) is 12.4 Å². The molecule has 0 aromatic carbocycles. The number of aryl methyl sites for hydroxylation is 1. The van der Waals surface area contributed by atoms with Gasteiger partial charge in [0.25, 0.3) is 5.82 Å². The third kappa shape index (κ3) is 2.93. The first-order valence-electron chi connectivity index (χ1n) is 3.73. The molecule has 0 aliphatic carbocycles. The Bertz CT molecular complexity index is 206. The molecule has 0 bridgehead atoms. The second-order valence-corrected chi connectivity index (χ2v) is 3.09. The summed E-state index contributed by atoms with van der Waals surface area (Å²) in [6.07, 6.45) is 4.05. The van der Waals surface area contributed by atoms with Crippen LogP contribution in [0.15, 0.2) is 12.4 Å². The first kappa shape index (κ1) is 10.5. The lowest BCUT2D eigenvalue weighted by Gasteiger charge is -2.00. The Morgan fingerprint density at radius 3 is 2.55 bits per heavy atom. The van der Waals surface area contributed by atoms with Crippen LogP contribution in [0.2, 0.25) is 0 Å². The smallest absolute Gasteiger partial charge is 0.251 e. The summed E-state index contributed by atoms with van der Waals surface area (Å²) in [6, 6.07) is 0. The highest BCUT2D eigenvalue weighted by atomic mass is 35.5. The zero-order chi connectivity index (χ0) is 7.56. The van der Waals surface area contributed by atoms with Gasteiger partial charge >= 0.3 is 0 Å². The van der Waals surface area contributed by atoms with E-state index in [1.54, 1.807) is 0 Å². The van der Waals surface area contributed by atoms with Gasteiger partial charge in [0.05, 0.1) is 6.54 Å². The minimum Gasteiger partial charge on any atom is -1.00 e. The lowest BCUT2D eigenvalue weighted by molar-refractivity contribution is -0.706. The topological polar surface area (TPSA) is 19.7 Å². The van der Waals surface area contributed by atoms with Gasteiger partial charge in [-0.3, -0.25) is 0 Å². The van der Waals surface area contributed by atoms with E-state index in [-0.39, 0.29) is 12.4 Å². The quantitative estimate of drug-likeness (QED) is 0.515. The maximum Gasteiger partial charge on any atom is 0.251 e. The van der Waals surface area contributed by atoms with Gasteiger partial charge in [-0.25, -0.2) is 9.55 Å². The van der Waals surface area contributed by atoms with Crippen molar-refractivity contribution in [3.63, 3.8) is 0 Å². The van der Waals surface area contributed by atoms with Gasteiger partial charge in [0, 0.05) is 6.92 Å². The lowest BCUT2D eigenvalue weighted by atomic mass is 10.2. The standard InChI is InChI=1S/C8H14N2.ClH/c1-7(2)6-10-5-4-9-8(10)3;/h4-5,7H,6H2,1-3H3;1H. The van der Waals surface area contributed by atoms with E-state index in [1.165, 1.54) is 5.82 Å². The molecule has 1 N–H and O–H groups in total. The fraction of sp³-hybridized carbons (Fsp3) is 0.625. The molecule has 1 heterocycles. The monoisotopic (exact) mass is 174 g/mol. The summed E-state index contributed by atoms with van der Waals surface area (Å²) in [4.78, 5) is 3.14. The minimum absolute atomic E-state index is 0. The van der Waals surface area contributed by atoms with Crippen LogP contribution < -0.4 is 17.0 Å². The summed E-state index contributed by atoms with van der Waals surface area (Å²) in [7, 11) is 0. The largest absolute Gasteiger partial charge is 1.00 e. The summed E-state index contributed by atoms with van der Waals surface area (Å²) in [5.41, 5.74) is 0. The van der Waals surface area contributed by atoms with E-state index < -0.39 is 0 Å². The zero-order valence-electron chi connectivity index (χ0n) is 7.26. The molecule has 1 aromatic rings. The van der Waals surface area contributed by atoms with E-state index >= 15 is 0 Å². The number of nitrogens with one attached hydrogen (secondary N) is 1. The van der Waals surface area contributed by atoms with Crippen LogP contribution in [0.25, 0.3) is 0 Å². The third-order valence-corrected chi connectivity index (χ3v) is 1.54. The molecule has 2 nitrogen and oxygen atoms in total. The normalized spacial score (nSPS) is 9.82. The molecule has 64 valence electrons. The molecule has 0 saturated heterocycles. The van der Waals surface area contributed by atoms with Crippen molar-refractivity contribution < 1.29 is 17.0 Å². The average Bonchev–Trinajstić information content (AvgIpc) is 2.15. The van der Waals surface area contributed by atoms with E-state index in [9.17, 15) is 0 Å². The SMILES string of the molecule is Cc1[nH]cc[n+]1CC(C)C.[Cl-]. The molecular formula is C8H15ClN2. The highest BCUT2D eigenvalue weighted by Crippen LogP contribution is 1.91. The molecule has 3 heteroatoms. The van der Waals surface area contributed by atoms with Crippen molar-refractivity contribution in [1.29, 1.82) is 0 Å². The molecule has 0 spiro atoms. The van der Waals surface area contributed by atoms with Crippen molar-refractivity contribution in [1.82, 2.24) is 4.98 Å². The van der Waals surface area contributed by atoms with Crippen LogP contribution >= 0.6 is 0 Å². The first-order valence-corrected chi connectivity index (χ1v) is 3.73. The van der Waals surface area contributed by atoms with Gasteiger partial charge in [-0.1, -0.05) is 13.8 Å². The molecule has 1 aromatic heterocycles. The Labute approximate surface area is 74.0 Å². The number of rotatable bonds is 2. The van der Waals surface area contributed by atoms with E-state index in [2.05, 4.69) is 36.5 Å². The maximum atomic E-state index is 3.14. The molecule has 1 rings (SSSR count). The maximum absolute atomic E-state index is 3.14. The Morgan fingerprint density at radius 2 is 2.18 bits per heavy atom. The Balaban J connectivity index is 0.000001000. The highest BCUT2D eigenvalue weighted by Gasteiger charge is 2.05. The number of imidazole rings is 1. The summed E-state index contributed by atoms with van der Waals surface area (Å²) in [6.45, 7) is 7.64. The molecule has 0 aliphatic heterocycles. The second-order valence-electron chi connectivity index (χ2n) is 3.09. The minimum atomic E-state index is 0. The number of hydrogen-bond donors (Lipinski definition) is 1. The number of aromatic nitrogens is 2. The van der Waals surface area contributed by atoms with Crippen molar-refractivity contribution >= 4 is 0 Å². The zero-order valence-corrected chi connectivity index (χ0v) is 8.02. The summed E-state index contributed by atoms with van der Waals surface area (Å²) >= 11 is 0. The van der Waals surface area contributed by atoms with E-state index in [0.29, 0.717) is 0 Å². The first-order chi connectivity index (χ1) is 4.70. The van der Waals surface area contributed by atoms with Crippen LogP contribution in [-0.4, -0.2) is 4.98 Å². The molecule has 0 radical (unpaired) electrons. The summed E-state index contributed by atoms with van der Waals surface area (Å²) < 4.78 is 2.23. The van der Waals surface area contributed by atoms with Crippen LogP contribution in [0.3, 0.4) is 0 Å². The second kappa shape index (κ2) is 4.39. The highest BCUT2D eigenvalue weighted by molar-refractivity contribution is 4.70. The van der Waals surface area contributed by atoms with Crippen LogP contribution in [0.1, 0.15) is 19.7 Å². The fourth-order valence-corrected chi connectivity index (χ4v) is 1.03. The molecule has 0 aliphatic rings. The van der Waals surface area contributed by atoms with Gasteiger partial charge in [-0.15, -0.1) is 0 Å². The van der Waals surface area contributed by atoms with Gasteiger partial charge in [0.15, 0.2) is 0 Å². The molecule has 0 atom stereocenters. The van der Waals surface area contributed by atoms with E-state index in [4.69, 9.17) is 0 Å². The predicted molar refractivity (Wildman–Crippen MR) is 40.6 cm³/mol. The predicted octanol–water partition coefficient (Wildman–Crippen LogP) is -1.73. The molecule has 0 unspecified atom stereocenters. The summed E-state index contributed by atoms with van der Waals surface area (Å²) in [5.74, 6) is 1.95. The Kier molecular flexibility index (Phi) is 4.19. The third-order valence-electron chi connectivity index (χ3n) is 1.54. The van der Waals surface area contributed by atoms with Crippen LogP contribution in [-0.2, 0) is 6.54 Å². The van der Waals surface area contributed by atoms with Crippen molar-refractivity contribution in [3.05, 3.63) is 18.2 Å². The van der Waals surface area contributed by atoms with Gasteiger partial charge in [-0.2, -0.15) is 0 Å². The molecular weight excluding hydrogens is 160 g/mol. The average molecular weight is 175 g/mol. The van der Waals surface area contributed by atoms with Crippen molar-refractivity contribution in [2.24, 2.45) is 5.92 Å². The Morgan fingerprint density at radius 1 is 1.55 bits per heavy atom. The fourth-order valence-electron chi connectivity index (χ4n) is 1.03. The number of halogens is 1. The molecule has 0 saturated carbocycles. The van der Waals surface area contributed by atoms with Gasteiger partial charge < -0.3 is 12.4 Å². The van der Waals surface area contributed by atoms with E-state index in [1.807, 2.05) is 6.20 Å². The van der Waals surface area contributed by atoms with Crippen molar-refractivity contribution in [2.45, 2.75) is 27.3 Å². The van der Waals surface area contributed by atoms with Crippen molar-refractivity contribution in [3.8, 4) is 0 Å². The number of hydrogen-bond acceptors (Lipinski definition) is 0. The van der Waals surface area contributed by atoms with Gasteiger partial charge in [0.2, 0.25) is 0 Å². The molecule has 0 amide bonds. The number of H-pyrrole nitrogens is 1. The number of nitrogens with zero attached hydrogens (tertiary/aromatic N) is 1. The van der Waals surface area contributed by atoms with Crippen LogP contribution in [0.4, 0.5) is 0 Å². The van der Waals surface area contributed by atoms with Crippen LogP contribution in [0.5, 0.6) is 0 Å². The summed E-state index contributed by atoms with van der Waals surface area (Å²) in [5, 5.41) is 0. The molecule has 11 heavy (non-hydrogen) atoms. The van der Waals surface area contributed by atoms with E-state index in [0.717, 1.165) is 12.5 Å². The van der Waals surface area contributed by atoms with Gasteiger partial charge in [-0.05, 0) is 5.92 Å². The van der Waals surface area contributed by atoms with Crippen LogP contribution in [0, 0.1) is 12.8 Å². The lowest BCUT2D eigenvalue weighted by Crippen LogP contribution is -3.00. The van der Waals surface area contributed by atoms with Crippen molar-refractivity contribution in [2.75, 3.05) is 0 Å². The number of aromatic amines is 1. The Hall–Kier alpha value is -0.500.